The quantitative estimate of drug-likeness (QED) is 0.685. The molecule has 1 N–H and O–H groups in total. The summed E-state index contributed by atoms with van der Waals surface area (Å²) in [5, 5.41) is 6.29. The lowest BCUT2D eigenvalue weighted by atomic mass is 9.99. The molecular formula is C12H14F5N3O2. The number of rotatable bonds is 3. The van der Waals surface area contributed by atoms with Crippen LogP contribution in [0.15, 0.2) is 6.07 Å². The van der Waals surface area contributed by atoms with Crippen LogP contribution in [0.1, 0.15) is 36.8 Å². The van der Waals surface area contributed by atoms with Gasteiger partial charge in [0.05, 0.1) is 6.61 Å². The van der Waals surface area contributed by atoms with E-state index in [0.717, 1.165) is 6.07 Å². The number of halogens is 5. The SMILES string of the molecule is CCOC(=O)c1cc2n(n1)C(C(F)(F)C(F)(F)F)CC(C)N2. The molecule has 2 rings (SSSR count). The van der Waals surface area contributed by atoms with E-state index in [2.05, 4.69) is 15.2 Å². The van der Waals surface area contributed by atoms with Gasteiger partial charge in [-0.05, 0) is 20.3 Å². The van der Waals surface area contributed by atoms with E-state index in [1.807, 2.05) is 0 Å². The van der Waals surface area contributed by atoms with Gasteiger partial charge in [-0.1, -0.05) is 0 Å². The molecule has 0 saturated carbocycles. The zero-order chi connectivity index (χ0) is 16.7. The van der Waals surface area contributed by atoms with Crippen molar-refractivity contribution in [2.45, 2.75) is 44.5 Å². The summed E-state index contributed by atoms with van der Waals surface area (Å²) in [5.74, 6) is -5.92. The maximum atomic E-state index is 13.7. The third kappa shape index (κ3) is 2.73. The highest BCUT2D eigenvalue weighted by molar-refractivity contribution is 5.88. The number of nitrogens with one attached hydrogen (secondary N) is 1. The molecule has 0 aromatic carbocycles. The van der Waals surface area contributed by atoms with Gasteiger partial charge in [0.1, 0.15) is 11.9 Å². The number of alkyl halides is 5. The summed E-state index contributed by atoms with van der Waals surface area (Å²) >= 11 is 0. The number of fused-ring (bicyclic) bond motifs is 1. The van der Waals surface area contributed by atoms with Crippen LogP contribution in [0.5, 0.6) is 0 Å². The number of esters is 1. The van der Waals surface area contributed by atoms with Gasteiger partial charge in [-0.3, -0.25) is 0 Å². The first-order valence-electron chi connectivity index (χ1n) is 6.55. The predicted molar refractivity (Wildman–Crippen MR) is 65.9 cm³/mol. The zero-order valence-corrected chi connectivity index (χ0v) is 11.7. The Balaban J connectivity index is 2.43. The van der Waals surface area contributed by atoms with Crippen LogP contribution in [0.4, 0.5) is 27.8 Å². The molecule has 0 aliphatic carbocycles. The van der Waals surface area contributed by atoms with Crippen LogP contribution in [0.3, 0.4) is 0 Å². The minimum atomic E-state index is -5.71. The number of carbonyl (C=O) groups is 1. The van der Waals surface area contributed by atoms with Crippen molar-refractivity contribution in [2.75, 3.05) is 11.9 Å². The Morgan fingerprint density at radius 1 is 1.45 bits per heavy atom. The molecular weight excluding hydrogens is 313 g/mol. The molecule has 1 aliphatic rings. The number of nitrogens with zero attached hydrogens (tertiary/aromatic N) is 2. The molecule has 0 saturated heterocycles. The van der Waals surface area contributed by atoms with Gasteiger partial charge in [-0.25, -0.2) is 9.48 Å². The summed E-state index contributed by atoms with van der Waals surface area (Å²) in [6.07, 6.45) is -6.19. The topological polar surface area (TPSA) is 56.2 Å². The lowest BCUT2D eigenvalue weighted by Gasteiger charge is -2.35. The summed E-state index contributed by atoms with van der Waals surface area (Å²) in [6.45, 7) is 3.04. The molecule has 2 heterocycles. The molecule has 22 heavy (non-hydrogen) atoms. The fraction of sp³-hybridized carbons (Fsp3) is 0.667. The van der Waals surface area contributed by atoms with Gasteiger partial charge in [0.15, 0.2) is 5.69 Å². The Kier molecular flexibility index (Phi) is 4.05. The molecule has 0 spiro atoms. The molecule has 0 fully saturated rings. The second-order valence-corrected chi connectivity index (χ2v) is 5.00. The number of hydrogen-bond donors (Lipinski definition) is 1. The van der Waals surface area contributed by atoms with Crippen molar-refractivity contribution in [3.05, 3.63) is 11.8 Å². The molecule has 1 aromatic rings. The smallest absolute Gasteiger partial charge is 0.455 e. The lowest BCUT2D eigenvalue weighted by molar-refractivity contribution is -0.301. The van der Waals surface area contributed by atoms with E-state index in [4.69, 9.17) is 0 Å². The van der Waals surface area contributed by atoms with Crippen molar-refractivity contribution in [1.29, 1.82) is 0 Å². The van der Waals surface area contributed by atoms with Crippen LogP contribution in [0, 0.1) is 0 Å². The average Bonchev–Trinajstić information content (AvgIpc) is 2.80. The van der Waals surface area contributed by atoms with E-state index in [0.29, 0.717) is 4.68 Å². The second-order valence-electron chi connectivity index (χ2n) is 5.00. The third-order valence-electron chi connectivity index (χ3n) is 3.28. The predicted octanol–water partition coefficient (Wildman–Crippen LogP) is 3.00. The highest BCUT2D eigenvalue weighted by Crippen LogP contribution is 2.47. The van der Waals surface area contributed by atoms with Gasteiger partial charge in [0, 0.05) is 12.1 Å². The van der Waals surface area contributed by atoms with Crippen molar-refractivity contribution in [3.8, 4) is 0 Å². The highest BCUT2D eigenvalue weighted by atomic mass is 19.4. The standard InChI is InChI=1S/C12H14F5N3O2/c1-3-22-10(21)7-5-9-18-6(2)4-8(20(9)19-7)11(13,14)12(15,16)17/h5-6,8,18H,3-4H2,1-2H3. The summed E-state index contributed by atoms with van der Waals surface area (Å²) in [6, 6.07) is -1.74. The lowest BCUT2D eigenvalue weighted by Crippen LogP contribution is -2.48. The fourth-order valence-corrected chi connectivity index (χ4v) is 2.28. The van der Waals surface area contributed by atoms with Crippen molar-refractivity contribution in [2.24, 2.45) is 0 Å². The first-order chi connectivity index (χ1) is 10.1. The fourth-order valence-electron chi connectivity index (χ4n) is 2.28. The van der Waals surface area contributed by atoms with Crippen LogP contribution in [0.25, 0.3) is 0 Å². The van der Waals surface area contributed by atoms with Crippen LogP contribution < -0.4 is 5.32 Å². The van der Waals surface area contributed by atoms with Crippen molar-refractivity contribution >= 4 is 11.8 Å². The van der Waals surface area contributed by atoms with Crippen molar-refractivity contribution < 1.29 is 31.5 Å². The van der Waals surface area contributed by atoms with Crippen LogP contribution in [-0.4, -0.2) is 40.5 Å². The van der Waals surface area contributed by atoms with Gasteiger partial charge >= 0.3 is 18.1 Å². The number of aromatic nitrogens is 2. The zero-order valence-electron chi connectivity index (χ0n) is 11.7. The summed E-state index contributed by atoms with van der Waals surface area (Å²) in [5.41, 5.74) is -0.318. The average molecular weight is 327 g/mol. The molecule has 0 amide bonds. The van der Waals surface area contributed by atoms with Crippen LogP contribution in [0.2, 0.25) is 0 Å². The van der Waals surface area contributed by atoms with Gasteiger partial charge in [-0.15, -0.1) is 0 Å². The van der Waals surface area contributed by atoms with E-state index >= 15 is 0 Å². The van der Waals surface area contributed by atoms with E-state index in [9.17, 15) is 26.7 Å². The molecule has 10 heteroatoms. The molecule has 5 nitrogen and oxygen atoms in total. The van der Waals surface area contributed by atoms with E-state index in [1.165, 1.54) is 13.8 Å². The van der Waals surface area contributed by atoms with Crippen LogP contribution in [-0.2, 0) is 4.74 Å². The Hall–Kier alpha value is -1.87. The van der Waals surface area contributed by atoms with Crippen molar-refractivity contribution in [3.63, 3.8) is 0 Å². The van der Waals surface area contributed by atoms with E-state index < -0.39 is 36.6 Å². The third-order valence-corrected chi connectivity index (χ3v) is 3.28. The second kappa shape index (κ2) is 5.40. The number of anilines is 1. The van der Waals surface area contributed by atoms with E-state index in [1.54, 1.807) is 0 Å². The van der Waals surface area contributed by atoms with Gasteiger partial charge < -0.3 is 10.1 Å². The first kappa shape index (κ1) is 16.5. The number of hydrogen-bond acceptors (Lipinski definition) is 4. The van der Waals surface area contributed by atoms with Crippen LogP contribution >= 0.6 is 0 Å². The Bertz CT molecular complexity index is 570. The number of ether oxygens (including phenoxy) is 1. The maximum absolute atomic E-state index is 13.7. The minimum Gasteiger partial charge on any atom is -0.461 e. The Morgan fingerprint density at radius 2 is 2.09 bits per heavy atom. The monoisotopic (exact) mass is 327 g/mol. The van der Waals surface area contributed by atoms with Gasteiger partial charge in [0.2, 0.25) is 0 Å². The largest absolute Gasteiger partial charge is 0.461 e. The summed E-state index contributed by atoms with van der Waals surface area (Å²) < 4.78 is 70.4. The van der Waals surface area contributed by atoms with E-state index in [-0.39, 0.29) is 18.1 Å². The molecule has 1 aromatic heterocycles. The highest BCUT2D eigenvalue weighted by Gasteiger charge is 2.64. The molecule has 1 aliphatic heterocycles. The molecule has 0 bridgehead atoms. The summed E-state index contributed by atoms with van der Waals surface area (Å²) in [4.78, 5) is 11.6. The molecule has 124 valence electrons. The normalized spacial score (nSPS) is 22.0. The minimum absolute atomic E-state index is 0.0347. The maximum Gasteiger partial charge on any atom is 0.455 e. The van der Waals surface area contributed by atoms with Gasteiger partial charge in [0.25, 0.3) is 0 Å². The molecule has 2 unspecified atom stereocenters. The van der Waals surface area contributed by atoms with Gasteiger partial charge in [-0.2, -0.15) is 27.1 Å². The Morgan fingerprint density at radius 3 is 2.64 bits per heavy atom. The Labute approximate surface area is 122 Å². The number of carbonyl (C=O) groups excluding carboxylic acids is 1. The van der Waals surface area contributed by atoms with Crippen molar-refractivity contribution in [1.82, 2.24) is 9.78 Å². The molecule has 0 radical (unpaired) electrons. The molecule has 2 atom stereocenters. The summed E-state index contributed by atoms with van der Waals surface area (Å²) in [7, 11) is 0. The first-order valence-corrected chi connectivity index (χ1v) is 6.55.